The maximum atomic E-state index is 12.5. The second-order valence-corrected chi connectivity index (χ2v) is 7.69. The Labute approximate surface area is 174 Å². The summed E-state index contributed by atoms with van der Waals surface area (Å²) in [5.74, 6) is 1.54. The van der Waals surface area contributed by atoms with Crippen LogP contribution in [0.2, 0.25) is 5.15 Å². The molecule has 6 heteroatoms. The first-order valence-corrected chi connectivity index (χ1v) is 10.1. The number of rotatable bonds is 4. The van der Waals surface area contributed by atoms with E-state index in [0.717, 1.165) is 58.4 Å². The van der Waals surface area contributed by atoms with Gasteiger partial charge in [0.2, 0.25) is 5.91 Å². The lowest BCUT2D eigenvalue weighted by atomic mass is 9.93. The number of allylic oxidation sites excluding steroid dienone is 1. The Kier molecular flexibility index (Phi) is 5.33. The third kappa shape index (κ3) is 3.62. The number of hydrogen-bond donors (Lipinski definition) is 1. The highest BCUT2D eigenvalue weighted by atomic mass is 35.5. The molecule has 2 heterocycles. The van der Waals surface area contributed by atoms with Crippen LogP contribution in [-0.4, -0.2) is 18.0 Å². The molecule has 1 aliphatic carbocycles. The van der Waals surface area contributed by atoms with Gasteiger partial charge in [0.25, 0.3) is 0 Å². The zero-order valence-electron chi connectivity index (χ0n) is 16.8. The number of anilines is 1. The van der Waals surface area contributed by atoms with Crippen LogP contribution < -0.4 is 10.1 Å². The van der Waals surface area contributed by atoms with Gasteiger partial charge in [-0.25, -0.2) is 4.98 Å². The van der Waals surface area contributed by atoms with E-state index in [0.29, 0.717) is 5.69 Å². The minimum atomic E-state index is -0.272. The number of carbonyl (C=O) groups excluding carboxylic acids is 1. The van der Waals surface area contributed by atoms with E-state index in [9.17, 15) is 4.79 Å². The highest BCUT2D eigenvalue weighted by Gasteiger charge is 2.23. The van der Waals surface area contributed by atoms with Crippen molar-refractivity contribution < 1.29 is 13.9 Å². The number of amides is 1. The number of halogens is 1. The summed E-state index contributed by atoms with van der Waals surface area (Å²) >= 11 is 6.03. The lowest BCUT2D eigenvalue weighted by molar-refractivity contribution is -0.111. The predicted octanol–water partition coefficient (Wildman–Crippen LogP) is 5.72. The van der Waals surface area contributed by atoms with Crippen molar-refractivity contribution in [3.05, 3.63) is 58.1 Å². The molecule has 0 saturated carbocycles. The molecule has 0 saturated heterocycles. The Morgan fingerprint density at radius 1 is 1.34 bits per heavy atom. The molecule has 150 valence electrons. The third-order valence-corrected chi connectivity index (χ3v) is 5.72. The molecular weight excluding hydrogens is 388 g/mol. The maximum absolute atomic E-state index is 12.5. The Bertz CT molecular complexity index is 1130. The summed E-state index contributed by atoms with van der Waals surface area (Å²) in [5.41, 5.74) is 5.30. The molecule has 3 aromatic rings. The number of furan rings is 1. The Morgan fingerprint density at radius 2 is 2.14 bits per heavy atom. The molecule has 0 radical (unpaired) electrons. The van der Waals surface area contributed by atoms with Crippen LogP contribution in [0.25, 0.3) is 16.5 Å². The Morgan fingerprint density at radius 3 is 2.90 bits per heavy atom. The highest BCUT2D eigenvalue weighted by molar-refractivity contribution is 6.32. The van der Waals surface area contributed by atoms with E-state index in [1.807, 2.05) is 13.8 Å². The number of hydrogen-bond acceptors (Lipinski definition) is 4. The van der Waals surface area contributed by atoms with Crippen LogP contribution in [0.15, 0.2) is 34.9 Å². The summed E-state index contributed by atoms with van der Waals surface area (Å²) in [6.07, 6.45) is 7.46. The third-order valence-electron chi connectivity index (χ3n) is 5.42. The maximum Gasteiger partial charge on any atom is 0.248 e. The second-order valence-electron chi connectivity index (χ2n) is 7.33. The fourth-order valence-electron chi connectivity index (χ4n) is 4.02. The minimum Gasteiger partial charge on any atom is -0.496 e. The molecule has 1 aromatic carbocycles. The molecule has 1 amide bonds. The Balaban J connectivity index is 1.74. The normalized spacial score (nSPS) is 14.0. The monoisotopic (exact) mass is 410 g/mol. The predicted molar refractivity (Wildman–Crippen MR) is 116 cm³/mol. The molecule has 4 rings (SSSR count). The first-order chi connectivity index (χ1) is 14.0. The van der Waals surface area contributed by atoms with Crippen molar-refractivity contribution >= 4 is 39.7 Å². The zero-order chi connectivity index (χ0) is 20.5. The lowest BCUT2D eigenvalue weighted by Gasteiger charge is -2.13. The number of ether oxygens (including phenoxy) is 1. The van der Waals surface area contributed by atoms with Crippen molar-refractivity contribution in [1.29, 1.82) is 0 Å². The molecule has 1 N–H and O–H groups in total. The van der Waals surface area contributed by atoms with Gasteiger partial charge in [-0.2, -0.15) is 0 Å². The number of nitrogens with one attached hydrogen (secondary N) is 1. The smallest absolute Gasteiger partial charge is 0.248 e. The topological polar surface area (TPSA) is 64.4 Å². The quantitative estimate of drug-likeness (QED) is 0.441. The highest BCUT2D eigenvalue weighted by Crippen LogP contribution is 2.41. The molecule has 29 heavy (non-hydrogen) atoms. The number of nitrogens with zero attached hydrogens (tertiary/aromatic N) is 1. The lowest BCUT2D eigenvalue weighted by Crippen LogP contribution is -2.09. The first kappa shape index (κ1) is 19.5. The van der Waals surface area contributed by atoms with Crippen LogP contribution in [-0.2, 0) is 17.6 Å². The molecule has 0 fully saturated rings. The van der Waals surface area contributed by atoms with Crippen molar-refractivity contribution in [2.75, 3.05) is 12.4 Å². The van der Waals surface area contributed by atoms with Crippen LogP contribution in [0.5, 0.6) is 5.75 Å². The van der Waals surface area contributed by atoms with Crippen LogP contribution >= 0.6 is 11.6 Å². The molecule has 1 aliphatic rings. The molecule has 2 aromatic heterocycles. The summed E-state index contributed by atoms with van der Waals surface area (Å²) < 4.78 is 11.9. The van der Waals surface area contributed by atoms with Crippen molar-refractivity contribution in [1.82, 2.24) is 4.98 Å². The van der Waals surface area contributed by atoms with E-state index < -0.39 is 0 Å². The van der Waals surface area contributed by atoms with Crippen molar-refractivity contribution in [2.24, 2.45) is 0 Å². The number of benzene rings is 1. The van der Waals surface area contributed by atoms with Crippen LogP contribution in [0.3, 0.4) is 0 Å². The van der Waals surface area contributed by atoms with E-state index in [2.05, 4.69) is 16.4 Å². The van der Waals surface area contributed by atoms with Gasteiger partial charge in [-0.1, -0.05) is 11.6 Å². The summed E-state index contributed by atoms with van der Waals surface area (Å²) in [6, 6.07) is 5.52. The average Bonchev–Trinajstić information content (AvgIpc) is 3.09. The largest absolute Gasteiger partial charge is 0.496 e. The van der Waals surface area contributed by atoms with E-state index in [4.69, 9.17) is 20.8 Å². The molecule has 5 nitrogen and oxygen atoms in total. The SMILES string of the molecule is COc1c(/C(C)=C/C(=O)Nc2cccnc2Cl)cc2c3c(oc2c1C)CCCC3. The van der Waals surface area contributed by atoms with Crippen LogP contribution in [0.1, 0.15) is 42.2 Å². The molecule has 0 unspecified atom stereocenters. The van der Waals surface area contributed by atoms with Gasteiger partial charge in [-0.05, 0) is 56.9 Å². The van der Waals surface area contributed by atoms with E-state index in [-0.39, 0.29) is 11.1 Å². The number of carbonyl (C=O) groups is 1. The van der Waals surface area contributed by atoms with Crippen molar-refractivity contribution in [3.8, 4) is 5.75 Å². The van der Waals surface area contributed by atoms with Gasteiger partial charge in [0.05, 0.1) is 12.8 Å². The number of methoxy groups -OCH3 is 1. The van der Waals surface area contributed by atoms with Crippen LogP contribution in [0.4, 0.5) is 5.69 Å². The zero-order valence-corrected chi connectivity index (χ0v) is 17.5. The summed E-state index contributed by atoms with van der Waals surface area (Å²) in [5, 5.41) is 4.15. The number of pyridine rings is 1. The fourth-order valence-corrected chi connectivity index (χ4v) is 4.18. The van der Waals surface area contributed by atoms with Gasteiger partial charge in [-0.3, -0.25) is 4.79 Å². The van der Waals surface area contributed by atoms with Gasteiger partial charge in [0.15, 0.2) is 5.15 Å². The number of fused-ring (bicyclic) bond motifs is 3. The van der Waals surface area contributed by atoms with Gasteiger partial charge in [-0.15, -0.1) is 0 Å². The number of aromatic nitrogens is 1. The second kappa shape index (κ2) is 7.91. The standard InChI is InChI=1S/C23H23ClN2O3/c1-13(11-20(27)26-18-8-6-10-25-23(18)24)16-12-17-15-7-4-5-9-19(15)29-22(17)14(2)21(16)28-3/h6,8,10-12H,4-5,7,9H2,1-3H3,(H,26,27)/b13-11+. The summed E-state index contributed by atoms with van der Waals surface area (Å²) in [7, 11) is 1.64. The van der Waals surface area contributed by atoms with Crippen molar-refractivity contribution in [3.63, 3.8) is 0 Å². The fraction of sp³-hybridized carbons (Fsp3) is 0.304. The van der Waals surface area contributed by atoms with Crippen LogP contribution in [0, 0.1) is 6.92 Å². The Hall–Kier alpha value is -2.79. The molecule has 0 bridgehead atoms. The molecule has 0 aliphatic heterocycles. The first-order valence-electron chi connectivity index (χ1n) is 9.71. The van der Waals surface area contributed by atoms with E-state index in [1.54, 1.807) is 31.5 Å². The minimum absolute atomic E-state index is 0.256. The van der Waals surface area contributed by atoms with E-state index in [1.165, 1.54) is 12.0 Å². The van der Waals surface area contributed by atoms with Gasteiger partial charge in [0, 0.05) is 40.8 Å². The van der Waals surface area contributed by atoms with E-state index >= 15 is 0 Å². The van der Waals surface area contributed by atoms with Crippen molar-refractivity contribution in [2.45, 2.75) is 39.5 Å². The summed E-state index contributed by atoms with van der Waals surface area (Å²) in [6.45, 7) is 3.91. The number of aryl methyl sites for hydroxylation is 3. The van der Waals surface area contributed by atoms with Gasteiger partial charge in [0.1, 0.15) is 17.1 Å². The molecule has 0 atom stereocenters. The summed E-state index contributed by atoms with van der Waals surface area (Å²) in [4.78, 5) is 16.5. The van der Waals surface area contributed by atoms with Gasteiger partial charge >= 0.3 is 0 Å². The molecular formula is C23H23ClN2O3. The molecule has 0 spiro atoms. The van der Waals surface area contributed by atoms with Gasteiger partial charge < -0.3 is 14.5 Å². The average molecular weight is 411 g/mol.